The molecule has 0 bridgehead atoms. The quantitative estimate of drug-likeness (QED) is 0.729. The second kappa shape index (κ2) is 8.22. The summed E-state index contributed by atoms with van der Waals surface area (Å²) < 4.78 is 60.4. The van der Waals surface area contributed by atoms with Crippen molar-refractivity contribution in [2.24, 2.45) is 0 Å². The van der Waals surface area contributed by atoms with Gasteiger partial charge in [-0.15, -0.1) is 0 Å². The van der Waals surface area contributed by atoms with Crippen LogP contribution in [0.1, 0.15) is 23.2 Å². The molecule has 1 amide bonds. The van der Waals surface area contributed by atoms with Gasteiger partial charge in [0.1, 0.15) is 23.8 Å². The Bertz CT molecular complexity index is 715. The molecule has 1 aromatic carbocycles. The van der Waals surface area contributed by atoms with Gasteiger partial charge in [-0.3, -0.25) is 9.69 Å². The van der Waals surface area contributed by atoms with Crippen LogP contribution in [0.4, 0.5) is 17.6 Å². The molecule has 10 heteroatoms. The van der Waals surface area contributed by atoms with Crippen molar-refractivity contribution < 1.29 is 36.9 Å². The van der Waals surface area contributed by atoms with Gasteiger partial charge < -0.3 is 19.9 Å². The van der Waals surface area contributed by atoms with Gasteiger partial charge in [-0.25, -0.2) is 4.39 Å². The van der Waals surface area contributed by atoms with E-state index in [2.05, 4.69) is 10.1 Å². The van der Waals surface area contributed by atoms with Gasteiger partial charge in [0.2, 0.25) is 0 Å². The molecule has 0 radical (unpaired) electrons. The zero-order valence-corrected chi connectivity index (χ0v) is 15.1. The van der Waals surface area contributed by atoms with Crippen molar-refractivity contribution in [3.05, 3.63) is 29.6 Å². The number of aliphatic hydroxyl groups excluding tert-OH is 1. The Hall–Kier alpha value is -1.91. The van der Waals surface area contributed by atoms with Gasteiger partial charge in [0.25, 0.3) is 5.91 Å². The maximum Gasteiger partial charge on any atom is 0.411 e. The van der Waals surface area contributed by atoms with Crippen molar-refractivity contribution in [2.75, 3.05) is 39.4 Å². The first kappa shape index (κ1) is 20.8. The highest BCUT2D eigenvalue weighted by molar-refractivity contribution is 5.97. The number of likely N-dealkylation sites (tertiary alicyclic amines) is 1. The molecular weight excluding hydrogens is 384 g/mol. The molecule has 1 saturated heterocycles. The molecule has 2 heterocycles. The van der Waals surface area contributed by atoms with E-state index >= 15 is 0 Å². The van der Waals surface area contributed by atoms with Crippen molar-refractivity contribution in [1.29, 1.82) is 0 Å². The molecule has 1 aromatic rings. The summed E-state index contributed by atoms with van der Waals surface area (Å²) in [6, 6.07) is 3.75. The molecule has 1 spiro atoms. The van der Waals surface area contributed by atoms with Gasteiger partial charge in [0.15, 0.2) is 0 Å². The summed E-state index contributed by atoms with van der Waals surface area (Å²) in [7, 11) is 0. The van der Waals surface area contributed by atoms with Crippen LogP contribution in [0.2, 0.25) is 0 Å². The van der Waals surface area contributed by atoms with E-state index in [0.29, 0.717) is 25.9 Å². The van der Waals surface area contributed by atoms with E-state index in [9.17, 15) is 27.5 Å². The number of hydrogen-bond donors (Lipinski definition) is 2. The van der Waals surface area contributed by atoms with Gasteiger partial charge in [0, 0.05) is 13.1 Å². The minimum atomic E-state index is -4.44. The van der Waals surface area contributed by atoms with Gasteiger partial charge in [0.05, 0.1) is 24.8 Å². The van der Waals surface area contributed by atoms with Crippen molar-refractivity contribution in [1.82, 2.24) is 10.2 Å². The fourth-order valence-electron chi connectivity index (χ4n) is 3.61. The number of hydrogen-bond acceptors (Lipinski definition) is 5. The number of nitrogens with zero attached hydrogens (tertiary/aromatic N) is 1. The van der Waals surface area contributed by atoms with Crippen LogP contribution in [0.25, 0.3) is 0 Å². The Morgan fingerprint density at radius 1 is 1.39 bits per heavy atom. The number of β-amino-alcohol motifs (C(OH)–C–C–N with tert-alkyl or cyclic N) is 1. The zero-order valence-electron chi connectivity index (χ0n) is 15.1. The molecule has 2 N–H and O–H groups in total. The third-order valence-electron chi connectivity index (χ3n) is 4.75. The maximum absolute atomic E-state index is 13.5. The molecule has 2 aliphatic rings. The molecule has 156 valence electrons. The third-order valence-corrected chi connectivity index (χ3v) is 4.75. The van der Waals surface area contributed by atoms with E-state index < -0.39 is 42.8 Å². The van der Waals surface area contributed by atoms with Crippen LogP contribution in [-0.2, 0) is 4.74 Å². The second-order valence-electron chi connectivity index (χ2n) is 7.23. The number of nitrogens with one attached hydrogen (secondary N) is 1. The van der Waals surface area contributed by atoms with Crippen LogP contribution in [0.3, 0.4) is 0 Å². The molecule has 0 aromatic heterocycles. The molecule has 0 aliphatic carbocycles. The molecule has 2 atom stereocenters. The van der Waals surface area contributed by atoms with Gasteiger partial charge in [-0.1, -0.05) is 0 Å². The Kier molecular flexibility index (Phi) is 6.11. The molecule has 6 nitrogen and oxygen atoms in total. The predicted molar refractivity (Wildman–Crippen MR) is 90.6 cm³/mol. The number of carbonyl (C=O) groups excluding carboxylic acids is 1. The zero-order chi connectivity index (χ0) is 20.4. The summed E-state index contributed by atoms with van der Waals surface area (Å²) in [5, 5.41) is 12.7. The first-order chi connectivity index (χ1) is 13.2. The van der Waals surface area contributed by atoms with Gasteiger partial charge >= 0.3 is 6.18 Å². The number of rotatable bonds is 5. The van der Waals surface area contributed by atoms with Crippen LogP contribution in [0.5, 0.6) is 5.75 Å². The van der Waals surface area contributed by atoms with Crippen LogP contribution < -0.4 is 10.1 Å². The van der Waals surface area contributed by atoms with E-state index in [-0.39, 0.29) is 24.4 Å². The van der Waals surface area contributed by atoms with Crippen molar-refractivity contribution in [2.45, 2.75) is 30.7 Å². The largest absolute Gasteiger partial charge is 0.483 e. The lowest BCUT2D eigenvalue weighted by molar-refractivity contribution is -0.179. The lowest BCUT2D eigenvalue weighted by Gasteiger charge is -2.42. The first-order valence-electron chi connectivity index (χ1n) is 8.97. The summed E-state index contributed by atoms with van der Waals surface area (Å²) in [4.78, 5) is 14.1. The van der Waals surface area contributed by atoms with E-state index in [4.69, 9.17) is 4.74 Å². The maximum atomic E-state index is 13.5. The molecule has 1 fully saturated rings. The van der Waals surface area contributed by atoms with Crippen molar-refractivity contribution in [3.63, 3.8) is 0 Å². The van der Waals surface area contributed by atoms with Crippen LogP contribution in [-0.4, -0.2) is 73.2 Å². The van der Waals surface area contributed by atoms with E-state index in [0.717, 1.165) is 6.07 Å². The summed E-state index contributed by atoms with van der Waals surface area (Å²) in [6.45, 7) is -0.516. The number of carbonyl (C=O) groups is 1. The Morgan fingerprint density at radius 3 is 2.93 bits per heavy atom. The lowest BCUT2D eigenvalue weighted by Crippen LogP contribution is -2.57. The first-order valence-corrected chi connectivity index (χ1v) is 8.97. The average molecular weight is 406 g/mol. The number of ether oxygens (including phenoxy) is 2. The summed E-state index contributed by atoms with van der Waals surface area (Å²) >= 11 is 0. The van der Waals surface area contributed by atoms with E-state index in [1.54, 1.807) is 0 Å². The fraction of sp³-hybridized carbons (Fsp3) is 0.611. The second-order valence-corrected chi connectivity index (χ2v) is 7.23. The third kappa shape index (κ3) is 5.33. The molecule has 2 aliphatic heterocycles. The number of aliphatic hydroxyl groups is 1. The van der Waals surface area contributed by atoms with Crippen LogP contribution in [0.15, 0.2) is 18.2 Å². The van der Waals surface area contributed by atoms with Crippen molar-refractivity contribution >= 4 is 5.91 Å². The molecule has 0 saturated carbocycles. The smallest absolute Gasteiger partial charge is 0.411 e. The fourth-order valence-corrected chi connectivity index (χ4v) is 3.61. The SMILES string of the molecule is O=C1NC[C@@]2(CCCN(C[C@H](O)COCC(F)(F)F)C2)Oc2ccc(F)cc21. The van der Waals surface area contributed by atoms with Gasteiger partial charge in [-0.05, 0) is 37.6 Å². The number of halogens is 4. The summed E-state index contributed by atoms with van der Waals surface area (Å²) in [5.41, 5.74) is -0.640. The Labute approximate surface area is 159 Å². The number of fused-ring (bicyclic) bond motifs is 1. The van der Waals surface area contributed by atoms with E-state index in [1.165, 1.54) is 12.1 Å². The van der Waals surface area contributed by atoms with E-state index in [1.807, 2.05) is 4.90 Å². The number of amides is 1. The average Bonchev–Trinajstić information content (AvgIpc) is 2.72. The van der Waals surface area contributed by atoms with Crippen molar-refractivity contribution in [3.8, 4) is 5.75 Å². The van der Waals surface area contributed by atoms with Gasteiger partial charge in [-0.2, -0.15) is 13.2 Å². The van der Waals surface area contributed by atoms with Crippen LogP contribution in [0, 0.1) is 5.82 Å². The minimum absolute atomic E-state index is 0.118. The minimum Gasteiger partial charge on any atom is -0.483 e. The number of benzene rings is 1. The monoisotopic (exact) mass is 406 g/mol. The Balaban J connectivity index is 1.62. The number of piperidine rings is 1. The normalized spacial score (nSPS) is 24.2. The Morgan fingerprint density at radius 2 is 2.18 bits per heavy atom. The number of alkyl halides is 3. The highest BCUT2D eigenvalue weighted by Crippen LogP contribution is 2.32. The highest BCUT2D eigenvalue weighted by Gasteiger charge is 2.41. The standard InChI is InChI=1S/C18H22F4N2O4/c19-12-2-3-15-14(6-12)16(26)23-9-17(28-15)4-1-5-24(10-17)7-13(25)8-27-11-18(20,21)22/h2-3,6,13,25H,1,4-5,7-11H2,(H,23,26)/t13-,17+/m0/s1. The molecule has 0 unspecified atom stereocenters. The summed E-state index contributed by atoms with van der Waals surface area (Å²) in [5.74, 6) is -0.683. The molecule has 28 heavy (non-hydrogen) atoms. The molecular formula is C18H22F4N2O4. The lowest BCUT2D eigenvalue weighted by atomic mass is 9.92. The summed E-state index contributed by atoms with van der Waals surface area (Å²) in [6.07, 6.45) is -4.17. The highest BCUT2D eigenvalue weighted by atomic mass is 19.4. The van der Waals surface area contributed by atoms with Crippen LogP contribution >= 0.6 is 0 Å². The topological polar surface area (TPSA) is 71.0 Å². The predicted octanol–water partition coefficient (Wildman–Crippen LogP) is 1.72. The molecule has 3 rings (SSSR count).